The van der Waals surface area contributed by atoms with Gasteiger partial charge in [-0.25, -0.2) is 0 Å². The number of rotatable bonds is 7. The van der Waals surface area contributed by atoms with Crippen molar-refractivity contribution in [2.45, 2.75) is 20.3 Å². The number of carbonyl (C=O) groups is 1. The first kappa shape index (κ1) is 22.0. The Morgan fingerprint density at radius 3 is 2.57 bits per heavy atom. The molecule has 0 unspecified atom stereocenters. The van der Waals surface area contributed by atoms with Crippen LogP contribution in [0.3, 0.4) is 0 Å². The van der Waals surface area contributed by atoms with Gasteiger partial charge in [-0.2, -0.15) is 0 Å². The number of anilines is 1. The number of methoxy groups -OCH3 is 1. The van der Waals surface area contributed by atoms with E-state index in [9.17, 15) is 4.79 Å². The molecule has 1 aliphatic rings. The number of aryl methyl sites for hydroxylation is 1. The highest BCUT2D eigenvalue weighted by atomic mass is 35.5. The van der Waals surface area contributed by atoms with E-state index in [0.717, 1.165) is 25.1 Å². The Bertz CT molecular complexity index is 905. The van der Waals surface area contributed by atoms with Crippen molar-refractivity contribution in [1.29, 1.82) is 0 Å². The van der Waals surface area contributed by atoms with Crippen LogP contribution in [0.5, 0.6) is 11.5 Å². The number of piperazine rings is 1. The van der Waals surface area contributed by atoms with E-state index in [1.807, 2.05) is 24.0 Å². The van der Waals surface area contributed by atoms with Crippen LogP contribution in [-0.4, -0.2) is 50.7 Å². The second-order valence-corrected chi connectivity index (χ2v) is 7.72. The van der Waals surface area contributed by atoms with Crippen LogP contribution in [0, 0.1) is 6.92 Å². The summed E-state index contributed by atoms with van der Waals surface area (Å²) in [4.78, 5) is 16.9. The smallest absolute Gasteiger partial charge is 0.246 e. The zero-order valence-electron chi connectivity index (χ0n) is 17.9. The molecule has 0 aromatic heterocycles. The van der Waals surface area contributed by atoms with Gasteiger partial charge in [0.1, 0.15) is 0 Å². The molecule has 0 spiro atoms. The highest BCUT2D eigenvalue weighted by Crippen LogP contribution is 2.37. The number of halogens is 1. The molecule has 1 heterocycles. The predicted octanol–water partition coefficient (Wildman–Crippen LogP) is 4.81. The van der Waals surface area contributed by atoms with E-state index >= 15 is 0 Å². The Kier molecular flexibility index (Phi) is 7.63. The van der Waals surface area contributed by atoms with Crippen LogP contribution in [0.2, 0.25) is 5.02 Å². The van der Waals surface area contributed by atoms with E-state index in [0.29, 0.717) is 36.2 Å². The third-order valence-corrected chi connectivity index (χ3v) is 5.45. The van der Waals surface area contributed by atoms with E-state index in [1.165, 1.54) is 11.3 Å². The molecule has 1 fully saturated rings. The van der Waals surface area contributed by atoms with Gasteiger partial charge in [0.15, 0.2) is 11.5 Å². The standard InChI is InChI=1S/C24H29ClN2O3/c1-4-15-30-24-20(25)16-19(17-22(24)29-3)9-10-23(28)27-13-11-26(12-14-27)21-8-6-5-7-18(21)2/h5-10,16-17H,4,11-15H2,1-3H3/b10-9+. The number of para-hydroxylation sites is 1. The highest BCUT2D eigenvalue weighted by Gasteiger charge is 2.20. The lowest BCUT2D eigenvalue weighted by Crippen LogP contribution is -2.48. The van der Waals surface area contributed by atoms with E-state index in [2.05, 4.69) is 30.0 Å². The molecule has 3 rings (SSSR count). The Balaban J connectivity index is 1.62. The number of nitrogens with zero attached hydrogens (tertiary/aromatic N) is 2. The summed E-state index contributed by atoms with van der Waals surface area (Å²) in [6.07, 6.45) is 4.25. The van der Waals surface area contributed by atoms with Crippen LogP contribution in [0.25, 0.3) is 6.08 Å². The highest BCUT2D eigenvalue weighted by molar-refractivity contribution is 6.32. The Morgan fingerprint density at radius 2 is 1.90 bits per heavy atom. The molecule has 0 aliphatic carbocycles. The summed E-state index contributed by atoms with van der Waals surface area (Å²) in [5, 5.41) is 0.474. The molecule has 5 nitrogen and oxygen atoms in total. The number of hydrogen-bond acceptors (Lipinski definition) is 4. The first-order valence-corrected chi connectivity index (χ1v) is 10.7. The molecule has 2 aromatic rings. The minimum absolute atomic E-state index is 0.000771. The van der Waals surface area contributed by atoms with Gasteiger partial charge in [-0.3, -0.25) is 4.79 Å². The second-order valence-electron chi connectivity index (χ2n) is 7.31. The lowest BCUT2D eigenvalue weighted by Gasteiger charge is -2.36. The first-order valence-electron chi connectivity index (χ1n) is 10.3. The van der Waals surface area contributed by atoms with Gasteiger partial charge < -0.3 is 19.3 Å². The Morgan fingerprint density at radius 1 is 1.17 bits per heavy atom. The van der Waals surface area contributed by atoms with Crippen molar-refractivity contribution < 1.29 is 14.3 Å². The molecule has 1 amide bonds. The van der Waals surface area contributed by atoms with E-state index in [-0.39, 0.29) is 5.91 Å². The Hall–Kier alpha value is -2.66. The van der Waals surface area contributed by atoms with Gasteiger partial charge >= 0.3 is 0 Å². The summed E-state index contributed by atoms with van der Waals surface area (Å²) in [7, 11) is 1.58. The molecule has 1 aliphatic heterocycles. The maximum absolute atomic E-state index is 12.7. The van der Waals surface area contributed by atoms with Crippen molar-refractivity contribution in [3.63, 3.8) is 0 Å². The van der Waals surface area contributed by atoms with Crippen molar-refractivity contribution in [2.24, 2.45) is 0 Å². The predicted molar refractivity (Wildman–Crippen MR) is 123 cm³/mol. The molecule has 0 atom stereocenters. The largest absolute Gasteiger partial charge is 0.493 e. The molecule has 6 heteroatoms. The normalized spacial score (nSPS) is 14.3. The third-order valence-electron chi connectivity index (χ3n) is 5.17. The molecule has 2 aromatic carbocycles. The molecule has 0 radical (unpaired) electrons. The minimum atomic E-state index is 0.000771. The fraction of sp³-hybridized carbons (Fsp3) is 0.375. The molecule has 0 saturated carbocycles. The summed E-state index contributed by atoms with van der Waals surface area (Å²) in [6.45, 7) is 7.77. The van der Waals surface area contributed by atoms with Crippen LogP contribution in [0.15, 0.2) is 42.5 Å². The maximum Gasteiger partial charge on any atom is 0.246 e. The quantitative estimate of drug-likeness (QED) is 0.593. The van der Waals surface area contributed by atoms with Crippen LogP contribution < -0.4 is 14.4 Å². The van der Waals surface area contributed by atoms with Crippen LogP contribution in [0.4, 0.5) is 5.69 Å². The van der Waals surface area contributed by atoms with Gasteiger partial charge in [0.25, 0.3) is 0 Å². The lowest BCUT2D eigenvalue weighted by atomic mass is 10.1. The van der Waals surface area contributed by atoms with Crippen molar-refractivity contribution in [3.8, 4) is 11.5 Å². The second kappa shape index (κ2) is 10.4. The average Bonchev–Trinajstić information content (AvgIpc) is 2.77. The van der Waals surface area contributed by atoms with Gasteiger partial charge in [0.2, 0.25) is 5.91 Å². The van der Waals surface area contributed by atoms with Crippen LogP contribution >= 0.6 is 11.6 Å². The van der Waals surface area contributed by atoms with Gasteiger partial charge in [-0.15, -0.1) is 0 Å². The summed E-state index contributed by atoms with van der Waals surface area (Å²) < 4.78 is 11.1. The number of benzene rings is 2. The molecular weight excluding hydrogens is 400 g/mol. The first-order chi connectivity index (χ1) is 14.5. The SMILES string of the molecule is CCCOc1c(Cl)cc(/C=C/C(=O)N2CCN(c3ccccc3C)CC2)cc1OC. The summed E-state index contributed by atoms with van der Waals surface area (Å²) in [5.74, 6) is 1.10. The third kappa shape index (κ3) is 5.28. The van der Waals surface area contributed by atoms with E-state index in [4.69, 9.17) is 21.1 Å². The molecule has 160 valence electrons. The number of ether oxygens (including phenoxy) is 2. The van der Waals surface area contributed by atoms with Crippen LogP contribution in [-0.2, 0) is 4.79 Å². The van der Waals surface area contributed by atoms with E-state index in [1.54, 1.807) is 25.3 Å². The molecular formula is C24H29ClN2O3. The van der Waals surface area contributed by atoms with Crippen molar-refractivity contribution in [2.75, 3.05) is 44.8 Å². The maximum atomic E-state index is 12.7. The average molecular weight is 429 g/mol. The number of amides is 1. The molecule has 0 bridgehead atoms. The van der Waals surface area contributed by atoms with Crippen molar-refractivity contribution in [3.05, 3.63) is 58.6 Å². The summed E-state index contributed by atoms with van der Waals surface area (Å²) >= 11 is 6.36. The van der Waals surface area contributed by atoms with E-state index < -0.39 is 0 Å². The minimum Gasteiger partial charge on any atom is -0.493 e. The molecule has 1 saturated heterocycles. The molecule has 30 heavy (non-hydrogen) atoms. The zero-order valence-corrected chi connectivity index (χ0v) is 18.6. The summed E-state index contributed by atoms with van der Waals surface area (Å²) in [5.41, 5.74) is 3.30. The summed E-state index contributed by atoms with van der Waals surface area (Å²) in [6, 6.07) is 12.0. The lowest BCUT2D eigenvalue weighted by molar-refractivity contribution is -0.126. The fourth-order valence-electron chi connectivity index (χ4n) is 3.54. The van der Waals surface area contributed by atoms with Crippen LogP contribution in [0.1, 0.15) is 24.5 Å². The fourth-order valence-corrected chi connectivity index (χ4v) is 3.81. The number of hydrogen-bond donors (Lipinski definition) is 0. The number of carbonyl (C=O) groups excluding carboxylic acids is 1. The monoisotopic (exact) mass is 428 g/mol. The van der Waals surface area contributed by atoms with Gasteiger partial charge in [-0.05, 0) is 48.7 Å². The van der Waals surface area contributed by atoms with Crippen molar-refractivity contribution in [1.82, 2.24) is 4.90 Å². The van der Waals surface area contributed by atoms with Gasteiger partial charge in [0, 0.05) is 37.9 Å². The topological polar surface area (TPSA) is 42.0 Å². The van der Waals surface area contributed by atoms with Crippen molar-refractivity contribution >= 4 is 29.3 Å². The van der Waals surface area contributed by atoms with Gasteiger partial charge in [0.05, 0.1) is 18.7 Å². The zero-order chi connectivity index (χ0) is 21.5. The Labute approximate surface area is 183 Å². The van der Waals surface area contributed by atoms with Gasteiger partial charge in [-0.1, -0.05) is 36.7 Å². The molecule has 0 N–H and O–H groups in total.